The molecule has 5 heteroatoms. The van der Waals surface area contributed by atoms with Crippen LogP contribution in [-0.2, 0) is 10.9 Å². The van der Waals surface area contributed by atoms with E-state index >= 15 is 0 Å². The van der Waals surface area contributed by atoms with E-state index in [1.54, 1.807) is 13.0 Å². The molecule has 0 aromatic heterocycles. The van der Waals surface area contributed by atoms with E-state index in [1.165, 1.54) is 12.1 Å². The molecule has 1 fully saturated rings. The Hall–Kier alpha value is -2.01. The van der Waals surface area contributed by atoms with Crippen molar-refractivity contribution in [3.8, 4) is 5.75 Å². The molecular formula is C18H15F3O2. The number of rotatable bonds is 0. The van der Waals surface area contributed by atoms with Crippen molar-refractivity contribution in [3.05, 3.63) is 46.0 Å². The molecule has 1 aliphatic heterocycles. The number of phenolic OH excluding ortho intramolecular Hbond substituents is 1. The molecule has 0 saturated carbocycles. The molecule has 1 unspecified atom stereocenters. The quantitative estimate of drug-likeness (QED) is 0.697. The molecule has 2 nitrogen and oxygen atoms in total. The largest absolute Gasteiger partial charge is 0.507 e. The summed E-state index contributed by atoms with van der Waals surface area (Å²) in [6, 6.07) is 1.19. The fourth-order valence-corrected chi connectivity index (χ4v) is 3.57. The van der Waals surface area contributed by atoms with Crippen LogP contribution in [0, 0.1) is 0 Å². The third-order valence-electron chi connectivity index (χ3n) is 4.91. The zero-order chi connectivity index (χ0) is 16.8. The van der Waals surface area contributed by atoms with Crippen LogP contribution >= 0.6 is 0 Å². The van der Waals surface area contributed by atoms with E-state index in [2.05, 4.69) is 0 Å². The Morgan fingerprint density at radius 2 is 1.87 bits per heavy atom. The first-order valence-corrected chi connectivity index (χ1v) is 7.34. The highest BCUT2D eigenvalue weighted by Crippen LogP contribution is 2.56. The number of aromatic hydroxyl groups is 1. The van der Waals surface area contributed by atoms with Crippen LogP contribution in [0.3, 0.4) is 0 Å². The maximum Gasteiger partial charge on any atom is 0.420 e. The van der Waals surface area contributed by atoms with E-state index in [-0.39, 0.29) is 5.56 Å². The molecular weight excluding hydrogens is 305 g/mol. The van der Waals surface area contributed by atoms with Crippen LogP contribution in [-0.4, -0.2) is 16.3 Å². The lowest BCUT2D eigenvalue weighted by atomic mass is 9.91. The maximum atomic E-state index is 13.3. The van der Waals surface area contributed by atoms with E-state index in [0.717, 1.165) is 11.1 Å². The lowest BCUT2D eigenvalue weighted by Crippen LogP contribution is -2.14. The number of alkyl halides is 3. The Morgan fingerprint density at radius 1 is 1.22 bits per heavy atom. The van der Waals surface area contributed by atoms with Gasteiger partial charge in [0.25, 0.3) is 0 Å². The zero-order valence-corrected chi connectivity index (χ0v) is 12.9. The number of ether oxygens (including phenoxy) is 1. The molecule has 120 valence electrons. The lowest BCUT2D eigenvalue weighted by Gasteiger charge is -2.16. The summed E-state index contributed by atoms with van der Waals surface area (Å²) in [5.74, 6) is -0.742. The second kappa shape index (κ2) is 3.90. The molecule has 0 amide bonds. The molecule has 2 aliphatic carbocycles. The summed E-state index contributed by atoms with van der Waals surface area (Å²) in [7, 11) is 0. The number of hydrogen-bond acceptors (Lipinski definition) is 2. The molecule has 3 aliphatic rings. The van der Waals surface area contributed by atoms with Crippen LogP contribution < -0.4 is 0 Å². The van der Waals surface area contributed by atoms with Crippen molar-refractivity contribution >= 4 is 17.7 Å². The molecule has 1 atom stereocenters. The number of phenols is 1. The molecule has 1 aromatic carbocycles. The van der Waals surface area contributed by atoms with Gasteiger partial charge in [0.05, 0.1) is 0 Å². The number of allylic oxidation sites excluding steroid dienone is 2. The topological polar surface area (TPSA) is 32.8 Å². The Kier molecular flexibility index (Phi) is 2.47. The molecule has 23 heavy (non-hydrogen) atoms. The molecule has 1 aromatic rings. The predicted octanol–water partition coefficient (Wildman–Crippen LogP) is 4.79. The van der Waals surface area contributed by atoms with Crippen LogP contribution in [0.4, 0.5) is 13.2 Å². The number of halogens is 3. The van der Waals surface area contributed by atoms with Gasteiger partial charge in [-0.15, -0.1) is 0 Å². The summed E-state index contributed by atoms with van der Waals surface area (Å²) in [5.41, 5.74) is 0.654. The van der Waals surface area contributed by atoms with Crippen molar-refractivity contribution in [1.29, 1.82) is 0 Å². The normalized spacial score (nSPS) is 26.7. The van der Waals surface area contributed by atoms with Gasteiger partial charge in [0, 0.05) is 0 Å². The monoisotopic (exact) mass is 320 g/mol. The first-order chi connectivity index (χ1) is 10.6. The van der Waals surface area contributed by atoms with Gasteiger partial charge in [-0.3, -0.25) is 0 Å². The second-order valence-corrected chi connectivity index (χ2v) is 6.77. The van der Waals surface area contributed by atoms with E-state index in [4.69, 9.17) is 4.74 Å². The van der Waals surface area contributed by atoms with E-state index < -0.39 is 28.7 Å². The fourth-order valence-electron chi connectivity index (χ4n) is 3.57. The number of benzene rings is 1. The average molecular weight is 320 g/mol. The van der Waals surface area contributed by atoms with Gasteiger partial charge in [0.2, 0.25) is 0 Å². The van der Waals surface area contributed by atoms with Crippen LogP contribution in [0.15, 0.2) is 23.8 Å². The van der Waals surface area contributed by atoms with Crippen LogP contribution in [0.1, 0.15) is 43.0 Å². The SMILES string of the molecule is CC1=Cc2c3c(cc(O)c2C(F)(F)F)C=CC2(C=C13)OC2(C)C. The van der Waals surface area contributed by atoms with Gasteiger partial charge in [0.15, 0.2) is 0 Å². The Balaban J connectivity index is 2.04. The highest BCUT2D eigenvalue weighted by atomic mass is 19.4. The minimum Gasteiger partial charge on any atom is -0.507 e. The number of hydrogen-bond donors (Lipinski definition) is 1. The molecule has 0 bridgehead atoms. The van der Waals surface area contributed by atoms with Gasteiger partial charge in [0.1, 0.15) is 22.5 Å². The van der Waals surface area contributed by atoms with Gasteiger partial charge in [-0.05, 0) is 66.8 Å². The van der Waals surface area contributed by atoms with Crippen LogP contribution in [0.5, 0.6) is 5.75 Å². The zero-order valence-electron chi connectivity index (χ0n) is 12.9. The minimum absolute atomic E-state index is 0.0383. The third kappa shape index (κ3) is 1.80. The van der Waals surface area contributed by atoms with Gasteiger partial charge >= 0.3 is 6.18 Å². The summed E-state index contributed by atoms with van der Waals surface area (Å²) in [5, 5.41) is 9.93. The van der Waals surface area contributed by atoms with E-state index in [0.29, 0.717) is 11.1 Å². The van der Waals surface area contributed by atoms with Crippen molar-refractivity contribution < 1.29 is 23.0 Å². The first-order valence-electron chi connectivity index (χ1n) is 7.34. The Morgan fingerprint density at radius 3 is 2.43 bits per heavy atom. The summed E-state index contributed by atoms with van der Waals surface area (Å²) in [4.78, 5) is 0. The van der Waals surface area contributed by atoms with Gasteiger partial charge in [-0.2, -0.15) is 13.2 Å². The lowest BCUT2D eigenvalue weighted by molar-refractivity contribution is -0.138. The summed E-state index contributed by atoms with van der Waals surface area (Å²) in [6.07, 6.45) is 2.38. The molecule has 4 rings (SSSR count). The van der Waals surface area contributed by atoms with E-state index in [9.17, 15) is 18.3 Å². The average Bonchev–Trinajstić information content (AvgIpc) is 2.85. The Labute approximate surface area is 131 Å². The maximum absolute atomic E-state index is 13.3. The smallest absolute Gasteiger partial charge is 0.420 e. The molecule has 1 spiro atoms. The predicted molar refractivity (Wildman–Crippen MR) is 81.7 cm³/mol. The van der Waals surface area contributed by atoms with Crippen LogP contribution in [0.25, 0.3) is 17.7 Å². The fraction of sp³-hybridized carbons (Fsp3) is 0.333. The summed E-state index contributed by atoms with van der Waals surface area (Å²) < 4.78 is 45.8. The summed E-state index contributed by atoms with van der Waals surface area (Å²) >= 11 is 0. The third-order valence-corrected chi connectivity index (χ3v) is 4.91. The van der Waals surface area contributed by atoms with Crippen LogP contribution in [0.2, 0.25) is 0 Å². The van der Waals surface area contributed by atoms with Crippen molar-refractivity contribution in [3.63, 3.8) is 0 Å². The second-order valence-electron chi connectivity index (χ2n) is 6.77. The molecule has 1 heterocycles. The highest BCUT2D eigenvalue weighted by molar-refractivity contribution is 6.00. The Bertz CT molecular complexity index is 841. The van der Waals surface area contributed by atoms with Gasteiger partial charge in [-0.1, -0.05) is 12.2 Å². The molecule has 1 saturated heterocycles. The molecule has 0 radical (unpaired) electrons. The van der Waals surface area contributed by atoms with Crippen molar-refractivity contribution in [2.24, 2.45) is 0 Å². The van der Waals surface area contributed by atoms with E-state index in [1.807, 2.05) is 26.0 Å². The summed E-state index contributed by atoms with van der Waals surface area (Å²) in [6.45, 7) is 5.66. The van der Waals surface area contributed by atoms with Crippen molar-refractivity contribution in [2.75, 3.05) is 0 Å². The first kappa shape index (κ1) is 14.6. The van der Waals surface area contributed by atoms with Crippen molar-refractivity contribution in [2.45, 2.75) is 38.1 Å². The van der Waals surface area contributed by atoms with Gasteiger partial charge < -0.3 is 9.84 Å². The minimum atomic E-state index is -4.61. The molecule has 1 N–H and O–H groups in total. The highest BCUT2D eigenvalue weighted by Gasteiger charge is 2.61. The standard InChI is InChI=1S/C18H15F3O2/c1-9-6-11-14-10(7-13(22)15(11)18(19,20)21)4-5-17(8-12(9)14)16(2,3)23-17/h4-8,22H,1-3H3. The number of epoxide rings is 1. The van der Waals surface area contributed by atoms with Gasteiger partial charge in [-0.25, -0.2) is 0 Å². The van der Waals surface area contributed by atoms with Crippen molar-refractivity contribution in [1.82, 2.24) is 0 Å².